The average Bonchev–Trinajstić information content (AvgIpc) is 3.29. The minimum Gasteiger partial charge on any atom is -0.395 e. The molecule has 2 aromatic rings. The van der Waals surface area contributed by atoms with Gasteiger partial charge in [0.05, 0.1) is 42.2 Å². The van der Waals surface area contributed by atoms with Crippen LogP contribution in [0.2, 0.25) is 0 Å². The van der Waals surface area contributed by atoms with Crippen molar-refractivity contribution < 1.29 is 33.6 Å². The molecular formula is C35H52N2O7. The highest BCUT2D eigenvalue weighted by Gasteiger charge is 2.31. The predicted octanol–water partition coefficient (Wildman–Crippen LogP) is 5.08. The number of methoxy groups -OCH3 is 2. The second kappa shape index (κ2) is 14.1. The van der Waals surface area contributed by atoms with Crippen molar-refractivity contribution in [3.63, 3.8) is 0 Å². The fourth-order valence-electron chi connectivity index (χ4n) is 4.84. The van der Waals surface area contributed by atoms with Crippen molar-refractivity contribution in [3.05, 3.63) is 58.7 Å². The van der Waals surface area contributed by atoms with E-state index >= 15 is 0 Å². The molecular weight excluding hydrogens is 560 g/mol. The molecule has 2 aromatic carbocycles. The Morgan fingerprint density at radius 1 is 0.705 bits per heavy atom. The van der Waals surface area contributed by atoms with Gasteiger partial charge in [0.2, 0.25) is 0 Å². The van der Waals surface area contributed by atoms with E-state index in [1.54, 1.807) is 26.4 Å². The van der Waals surface area contributed by atoms with Gasteiger partial charge in [-0.1, -0.05) is 12.1 Å². The third-order valence-corrected chi connectivity index (χ3v) is 8.31. The molecule has 0 aliphatic heterocycles. The van der Waals surface area contributed by atoms with Crippen LogP contribution in [0.5, 0.6) is 0 Å². The van der Waals surface area contributed by atoms with Crippen molar-refractivity contribution >= 4 is 11.8 Å². The number of hydrogen-bond acceptors (Lipinski definition) is 7. The third kappa shape index (κ3) is 9.34. The molecule has 0 spiro atoms. The number of nitrogens with one attached hydrogen (secondary N) is 2. The molecule has 2 amide bonds. The number of benzene rings is 2. The lowest BCUT2D eigenvalue weighted by Crippen LogP contribution is -2.43. The van der Waals surface area contributed by atoms with Crippen LogP contribution >= 0.6 is 0 Å². The maximum absolute atomic E-state index is 13.1. The molecule has 244 valence electrons. The lowest BCUT2D eigenvalue weighted by atomic mass is 9.95. The highest BCUT2D eigenvalue weighted by atomic mass is 16.5. The van der Waals surface area contributed by atoms with Crippen LogP contribution in [0.1, 0.15) is 99.6 Å². The molecule has 0 saturated carbocycles. The van der Waals surface area contributed by atoms with Crippen LogP contribution < -0.4 is 10.6 Å². The van der Waals surface area contributed by atoms with Crippen LogP contribution in [-0.2, 0) is 18.9 Å². The topological polar surface area (TPSA) is 115 Å². The summed E-state index contributed by atoms with van der Waals surface area (Å²) in [7, 11) is 3.33. The Morgan fingerprint density at radius 3 is 1.59 bits per heavy atom. The van der Waals surface area contributed by atoms with E-state index in [-0.39, 0.29) is 29.9 Å². The highest BCUT2D eigenvalue weighted by Crippen LogP contribution is 2.45. The van der Waals surface area contributed by atoms with Gasteiger partial charge in [-0.3, -0.25) is 9.59 Å². The number of carbonyl (C=O) groups excluding carboxylic acids is 2. The molecule has 1 aliphatic carbocycles. The van der Waals surface area contributed by atoms with Gasteiger partial charge in [-0.05, 0) is 108 Å². The van der Waals surface area contributed by atoms with Gasteiger partial charge in [0, 0.05) is 44.4 Å². The number of fused-ring (bicyclic) bond motifs is 3. The lowest BCUT2D eigenvalue weighted by Gasteiger charge is -2.31. The summed E-state index contributed by atoms with van der Waals surface area (Å²) in [5, 5.41) is 16.4. The number of aliphatic hydroxyl groups excluding tert-OH is 1. The predicted molar refractivity (Wildman–Crippen MR) is 172 cm³/mol. The van der Waals surface area contributed by atoms with Gasteiger partial charge in [0.25, 0.3) is 11.8 Å². The third-order valence-electron chi connectivity index (χ3n) is 8.31. The van der Waals surface area contributed by atoms with Crippen LogP contribution in [0.15, 0.2) is 36.4 Å². The van der Waals surface area contributed by atoms with Crippen molar-refractivity contribution in [2.24, 2.45) is 0 Å². The summed E-state index contributed by atoms with van der Waals surface area (Å²) in [5.74, 6) is -0.785. The Balaban J connectivity index is 1.66. The first-order valence-electron chi connectivity index (χ1n) is 15.3. The van der Waals surface area contributed by atoms with Gasteiger partial charge in [-0.15, -0.1) is 0 Å². The number of amides is 2. The summed E-state index contributed by atoms with van der Waals surface area (Å²) in [6.07, 6.45) is 0.734. The van der Waals surface area contributed by atoms with Crippen LogP contribution in [-0.4, -0.2) is 86.5 Å². The quantitative estimate of drug-likeness (QED) is 0.242. The highest BCUT2D eigenvalue weighted by molar-refractivity contribution is 5.98. The van der Waals surface area contributed by atoms with Crippen molar-refractivity contribution in [1.82, 2.24) is 10.6 Å². The number of ether oxygens (including phenoxy) is 4. The maximum atomic E-state index is 13.1. The summed E-state index contributed by atoms with van der Waals surface area (Å²) in [6, 6.07) is 11.1. The number of hydrogen-bond donors (Lipinski definition) is 3. The van der Waals surface area contributed by atoms with E-state index in [4.69, 9.17) is 18.9 Å². The molecule has 1 atom stereocenters. The van der Waals surface area contributed by atoms with Crippen molar-refractivity contribution in [1.29, 1.82) is 0 Å². The fourth-order valence-corrected chi connectivity index (χ4v) is 4.84. The van der Waals surface area contributed by atoms with E-state index in [2.05, 4.69) is 10.6 Å². The van der Waals surface area contributed by atoms with E-state index < -0.39 is 16.8 Å². The number of carbonyl (C=O) groups is 2. The minimum atomic E-state index is -0.592. The van der Waals surface area contributed by atoms with Crippen LogP contribution in [0.25, 0.3) is 11.1 Å². The molecule has 0 heterocycles. The number of rotatable bonds is 16. The molecule has 3 N–H and O–H groups in total. The van der Waals surface area contributed by atoms with E-state index in [0.717, 1.165) is 28.7 Å². The molecule has 0 bridgehead atoms. The SMILES string of the molecule is COC(C)(C)CCOC(C)(C)CNC(=O)c1ccc2c(c1)C(CO)c1cc(C(=O)NCC(C)(C)OCC(C)(C)OC)ccc1-2. The van der Waals surface area contributed by atoms with E-state index in [0.29, 0.717) is 37.4 Å². The molecule has 0 fully saturated rings. The Hall–Kier alpha value is -2.82. The second-order valence-corrected chi connectivity index (χ2v) is 14.0. The molecule has 0 saturated heterocycles. The monoisotopic (exact) mass is 612 g/mol. The Morgan fingerprint density at radius 2 is 1.16 bits per heavy atom. The van der Waals surface area contributed by atoms with Gasteiger partial charge in [-0.25, -0.2) is 0 Å². The zero-order valence-electron chi connectivity index (χ0n) is 28.2. The largest absolute Gasteiger partial charge is 0.395 e. The Labute approximate surface area is 263 Å². The molecule has 44 heavy (non-hydrogen) atoms. The van der Waals surface area contributed by atoms with Gasteiger partial charge in [0.15, 0.2) is 0 Å². The van der Waals surface area contributed by atoms with Gasteiger partial charge in [0.1, 0.15) is 0 Å². The van der Waals surface area contributed by atoms with Gasteiger partial charge in [-0.2, -0.15) is 0 Å². The van der Waals surface area contributed by atoms with E-state index in [1.807, 2.05) is 79.7 Å². The lowest BCUT2D eigenvalue weighted by molar-refractivity contribution is -0.104. The number of aliphatic hydroxyl groups is 1. The van der Waals surface area contributed by atoms with E-state index in [9.17, 15) is 14.7 Å². The fraction of sp³-hybridized carbons (Fsp3) is 0.600. The van der Waals surface area contributed by atoms with Crippen molar-refractivity contribution in [2.75, 3.05) is 47.1 Å². The minimum absolute atomic E-state index is 0.148. The first-order chi connectivity index (χ1) is 20.4. The molecule has 1 unspecified atom stereocenters. The maximum Gasteiger partial charge on any atom is 0.251 e. The zero-order chi connectivity index (χ0) is 32.9. The first-order valence-corrected chi connectivity index (χ1v) is 15.3. The first kappa shape index (κ1) is 35.7. The summed E-state index contributed by atoms with van der Waals surface area (Å²) in [6.45, 7) is 17.0. The van der Waals surface area contributed by atoms with Crippen LogP contribution in [0.3, 0.4) is 0 Å². The van der Waals surface area contributed by atoms with Gasteiger partial charge < -0.3 is 34.7 Å². The zero-order valence-corrected chi connectivity index (χ0v) is 28.2. The van der Waals surface area contributed by atoms with E-state index in [1.165, 1.54) is 0 Å². The molecule has 9 heteroatoms. The smallest absolute Gasteiger partial charge is 0.251 e. The van der Waals surface area contributed by atoms with Crippen molar-refractivity contribution in [2.45, 2.75) is 90.1 Å². The average molecular weight is 613 g/mol. The van der Waals surface area contributed by atoms with Crippen molar-refractivity contribution in [3.8, 4) is 11.1 Å². The molecule has 3 rings (SSSR count). The van der Waals surface area contributed by atoms with Gasteiger partial charge >= 0.3 is 0 Å². The molecule has 1 aliphatic rings. The second-order valence-electron chi connectivity index (χ2n) is 14.0. The standard InChI is InChI=1S/C35H52N2O7/c1-32(2,41-9)15-16-43-33(3,4)20-36-30(39)23-11-13-25-26-14-12-24(18-28(26)29(19-38)27(25)17-23)31(40)37-21-34(5,6)44-22-35(7,8)42-10/h11-14,17-18,29,38H,15-16,19-22H2,1-10H3,(H,36,39)(H,37,40). The summed E-state index contributed by atoms with van der Waals surface area (Å²) < 4.78 is 22.9. The molecule has 0 aromatic heterocycles. The molecule has 0 radical (unpaired) electrons. The summed E-state index contributed by atoms with van der Waals surface area (Å²) in [4.78, 5) is 26.3. The van der Waals surface area contributed by atoms with Crippen LogP contribution in [0.4, 0.5) is 0 Å². The van der Waals surface area contributed by atoms with Crippen LogP contribution in [0, 0.1) is 0 Å². The Kier molecular flexibility index (Phi) is 11.4. The summed E-state index contributed by atoms with van der Waals surface area (Å²) >= 11 is 0. The Bertz CT molecular complexity index is 1320. The molecule has 9 nitrogen and oxygen atoms in total. The summed E-state index contributed by atoms with van der Waals surface area (Å²) in [5.41, 5.74) is 2.76. The normalized spacial score (nSPS) is 15.1.